The third kappa shape index (κ3) is 5.53. The number of methoxy groups -OCH3 is 2. The Kier molecular flexibility index (Phi) is 7.95. The summed E-state index contributed by atoms with van der Waals surface area (Å²) in [6, 6.07) is 7.80. The molecule has 1 amide bonds. The number of amides is 1. The molecule has 0 aliphatic carbocycles. The van der Waals surface area contributed by atoms with Crippen molar-refractivity contribution in [2.75, 3.05) is 32.8 Å². The van der Waals surface area contributed by atoms with Crippen molar-refractivity contribution < 1.29 is 28.5 Å². The molecule has 0 aliphatic rings. The Labute approximate surface area is 176 Å². The first-order valence-electron chi connectivity index (χ1n) is 8.20. The summed E-state index contributed by atoms with van der Waals surface area (Å²) in [5.41, 5.74) is 0.585. The number of benzene rings is 2. The van der Waals surface area contributed by atoms with Crippen LogP contribution in [0, 0.1) is 0 Å². The molecular weight excluding hydrogens is 454 g/mol. The van der Waals surface area contributed by atoms with Gasteiger partial charge >= 0.3 is 5.97 Å². The molecule has 150 valence electrons. The fourth-order valence-electron chi connectivity index (χ4n) is 2.30. The lowest BCUT2D eigenvalue weighted by molar-refractivity contribution is -0.119. The van der Waals surface area contributed by atoms with Gasteiger partial charge in [-0.3, -0.25) is 4.79 Å². The molecule has 0 heterocycles. The predicted molar refractivity (Wildman–Crippen MR) is 109 cm³/mol. The standard InChI is InChI=1S/C19H19BrClNO6/c1-4-27-18-13(20)7-11(8-16(18)26-3)19(24)28-10-17(23)22-14-9-12(21)5-6-15(14)25-2/h5-9H,4,10H2,1-3H3,(H,22,23). The van der Waals surface area contributed by atoms with Crippen LogP contribution < -0.4 is 19.5 Å². The van der Waals surface area contributed by atoms with E-state index in [0.29, 0.717) is 39.0 Å². The van der Waals surface area contributed by atoms with Gasteiger partial charge in [-0.15, -0.1) is 0 Å². The van der Waals surface area contributed by atoms with E-state index in [0.717, 1.165) is 0 Å². The molecule has 0 unspecified atom stereocenters. The van der Waals surface area contributed by atoms with Gasteiger partial charge in [0.05, 0.1) is 36.6 Å². The van der Waals surface area contributed by atoms with Crippen LogP contribution in [0.25, 0.3) is 0 Å². The third-order valence-corrected chi connectivity index (χ3v) is 4.35. The first-order chi connectivity index (χ1) is 13.4. The Balaban J connectivity index is 2.05. The molecule has 0 radical (unpaired) electrons. The number of carbonyl (C=O) groups is 2. The fourth-order valence-corrected chi connectivity index (χ4v) is 3.03. The number of nitrogens with one attached hydrogen (secondary N) is 1. The zero-order valence-electron chi connectivity index (χ0n) is 15.5. The van der Waals surface area contributed by atoms with Gasteiger partial charge in [-0.2, -0.15) is 0 Å². The molecule has 0 spiro atoms. The van der Waals surface area contributed by atoms with Crippen LogP contribution >= 0.6 is 27.5 Å². The number of hydrogen-bond donors (Lipinski definition) is 1. The monoisotopic (exact) mass is 471 g/mol. The van der Waals surface area contributed by atoms with Crippen molar-refractivity contribution in [3.8, 4) is 17.2 Å². The lowest BCUT2D eigenvalue weighted by Gasteiger charge is -2.13. The molecular formula is C19H19BrClNO6. The van der Waals surface area contributed by atoms with Crippen molar-refractivity contribution in [3.63, 3.8) is 0 Å². The SMILES string of the molecule is CCOc1c(Br)cc(C(=O)OCC(=O)Nc2cc(Cl)ccc2OC)cc1OC. The minimum absolute atomic E-state index is 0.209. The van der Waals surface area contributed by atoms with E-state index in [1.165, 1.54) is 32.4 Å². The lowest BCUT2D eigenvalue weighted by Crippen LogP contribution is -2.21. The number of halogens is 2. The van der Waals surface area contributed by atoms with E-state index in [9.17, 15) is 9.59 Å². The molecule has 0 fully saturated rings. The van der Waals surface area contributed by atoms with Crippen molar-refractivity contribution in [1.82, 2.24) is 0 Å². The normalized spacial score (nSPS) is 10.2. The second-order valence-electron chi connectivity index (χ2n) is 5.39. The molecule has 0 atom stereocenters. The molecule has 28 heavy (non-hydrogen) atoms. The Morgan fingerprint density at radius 2 is 1.82 bits per heavy atom. The van der Waals surface area contributed by atoms with Gasteiger partial charge in [0.25, 0.3) is 5.91 Å². The molecule has 0 bridgehead atoms. The number of rotatable bonds is 8. The highest BCUT2D eigenvalue weighted by atomic mass is 79.9. The zero-order chi connectivity index (χ0) is 20.7. The second kappa shape index (κ2) is 10.2. The van der Waals surface area contributed by atoms with Crippen LogP contribution in [0.2, 0.25) is 5.02 Å². The van der Waals surface area contributed by atoms with Gasteiger partial charge < -0.3 is 24.3 Å². The molecule has 2 aromatic carbocycles. The average Bonchev–Trinajstić information content (AvgIpc) is 2.67. The van der Waals surface area contributed by atoms with Crippen molar-refractivity contribution in [2.24, 2.45) is 0 Å². The number of anilines is 1. The van der Waals surface area contributed by atoms with Gasteiger partial charge in [0.1, 0.15) is 5.75 Å². The van der Waals surface area contributed by atoms with Gasteiger partial charge in [0, 0.05) is 5.02 Å². The van der Waals surface area contributed by atoms with Gasteiger partial charge in [-0.25, -0.2) is 4.79 Å². The first-order valence-corrected chi connectivity index (χ1v) is 9.37. The summed E-state index contributed by atoms with van der Waals surface area (Å²) in [6.45, 7) is 1.79. The van der Waals surface area contributed by atoms with E-state index >= 15 is 0 Å². The smallest absolute Gasteiger partial charge is 0.338 e. The maximum absolute atomic E-state index is 12.3. The van der Waals surface area contributed by atoms with E-state index in [1.54, 1.807) is 12.1 Å². The van der Waals surface area contributed by atoms with Crippen LogP contribution in [0.5, 0.6) is 17.2 Å². The van der Waals surface area contributed by atoms with Crippen molar-refractivity contribution in [3.05, 3.63) is 45.4 Å². The molecule has 0 aliphatic heterocycles. The van der Waals surface area contributed by atoms with Crippen LogP contribution in [0.1, 0.15) is 17.3 Å². The highest BCUT2D eigenvalue weighted by Crippen LogP contribution is 2.36. The zero-order valence-corrected chi connectivity index (χ0v) is 17.8. The quantitative estimate of drug-likeness (QED) is 0.576. The van der Waals surface area contributed by atoms with Gasteiger partial charge in [0.15, 0.2) is 18.1 Å². The average molecular weight is 473 g/mol. The minimum atomic E-state index is -0.685. The van der Waals surface area contributed by atoms with Crippen LogP contribution in [0.4, 0.5) is 5.69 Å². The molecule has 7 nitrogen and oxygen atoms in total. The summed E-state index contributed by atoms with van der Waals surface area (Å²) in [5.74, 6) is 0.0639. The van der Waals surface area contributed by atoms with Crippen molar-refractivity contribution in [2.45, 2.75) is 6.92 Å². The summed E-state index contributed by atoms with van der Waals surface area (Å²) >= 11 is 9.26. The Bertz CT molecular complexity index is 874. The van der Waals surface area contributed by atoms with E-state index in [-0.39, 0.29) is 5.56 Å². The van der Waals surface area contributed by atoms with Gasteiger partial charge in [-0.05, 0) is 53.2 Å². The topological polar surface area (TPSA) is 83.1 Å². The van der Waals surface area contributed by atoms with E-state index in [1.807, 2.05) is 6.92 Å². The van der Waals surface area contributed by atoms with Gasteiger partial charge in [0.2, 0.25) is 0 Å². The summed E-state index contributed by atoms with van der Waals surface area (Å²) < 4.78 is 21.5. The molecule has 2 aromatic rings. The predicted octanol–water partition coefficient (Wildman–Crippen LogP) is 4.31. The second-order valence-corrected chi connectivity index (χ2v) is 6.68. The van der Waals surface area contributed by atoms with Crippen LogP contribution in [0.15, 0.2) is 34.8 Å². The highest BCUT2D eigenvalue weighted by Gasteiger charge is 2.18. The summed E-state index contributed by atoms with van der Waals surface area (Å²) in [7, 11) is 2.93. The fraction of sp³-hybridized carbons (Fsp3) is 0.263. The van der Waals surface area contributed by atoms with Crippen molar-refractivity contribution >= 4 is 45.1 Å². The van der Waals surface area contributed by atoms with Crippen LogP contribution in [0.3, 0.4) is 0 Å². The van der Waals surface area contributed by atoms with Gasteiger partial charge in [-0.1, -0.05) is 11.6 Å². The Morgan fingerprint density at radius 1 is 1.11 bits per heavy atom. The molecule has 0 aromatic heterocycles. The van der Waals surface area contributed by atoms with E-state index in [4.69, 9.17) is 30.5 Å². The maximum Gasteiger partial charge on any atom is 0.338 e. The largest absolute Gasteiger partial charge is 0.495 e. The Morgan fingerprint density at radius 3 is 2.46 bits per heavy atom. The Hall–Kier alpha value is -2.45. The first kappa shape index (κ1) is 21.8. The highest BCUT2D eigenvalue weighted by molar-refractivity contribution is 9.10. The summed E-state index contributed by atoms with van der Waals surface area (Å²) in [6.07, 6.45) is 0. The number of hydrogen-bond acceptors (Lipinski definition) is 6. The summed E-state index contributed by atoms with van der Waals surface area (Å²) in [4.78, 5) is 24.4. The lowest BCUT2D eigenvalue weighted by atomic mass is 10.2. The third-order valence-electron chi connectivity index (χ3n) is 3.52. The minimum Gasteiger partial charge on any atom is -0.495 e. The number of ether oxygens (including phenoxy) is 4. The molecule has 2 rings (SSSR count). The molecule has 9 heteroatoms. The van der Waals surface area contributed by atoms with E-state index < -0.39 is 18.5 Å². The van der Waals surface area contributed by atoms with Crippen molar-refractivity contribution in [1.29, 1.82) is 0 Å². The molecule has 0 saturated heterocycles. The van der Waals surface area contributed by atoms with E-state index in [2.05, 4.69) is 21.2 Å². The number of esters is 1. The summed E-state index contributed by atoms with van der Waals surface area (Å²) in [5, 5.41) is 3.02. The van der Waals surface area contributed by atoms with Crippen LogP contribution in [-0.4, -0.2) is 39.3 Å². The molecule has 1 N–H and O–H groups in total. The maximum atomic E-state index is 12.3. The van der Waals surface area contributed by atoms with Crippen LogP contribution in [-0.2, 0) is 9.53 Å². The number of carbonyl (C=O) groups excluding carboxylic acids is 2. The molecule has 0 saturated carbocycles.